The molecular formula is C18H25ClN2O5. The van der Waals surface area contributed by atoms with Gasteiger partial charge in [0.1, 0.15) is 5.60 Å². The second kappa shape index (κ2) is 8.22. The van der Waals surface area contributed by atoms with Gasteiger partial charge < -0.3 is 19.9 Å². The molecule has 144 valence electrons. The molecule has 8 heteroatoms. The molecule has 0 aromatic carbocycles. The molecule has 2 atom stereocenters. The van der Waals surface area contributed by atoms with Crippen molar-refractivity contribution < 1.29 is 24.2 Å². The average molecular weight is 385 g/mol. The van der Waals surface area contributed by atoms with Crippen LogP contribution in [0, 0.1) is 5.92 Å². The van der Waals surface area contributed by atoms with Crippen molar-refractivity contribution in [2.75, 3.05) is 13.2 Å². The van der Waals surface area contributed by atoms with Gasteiger partial charge in [-0.25, -0.2) is 9.59 Å². The molecule has 1 aromatic rings. The van der Waals surface area contributed by atoms with Crippen molar-refractivity contribution in [2.45, 2.75) is 52.2 Å². The molecule has 0 aliphatic carbocycles. The highest BCUT2D eigenvalue weighted by atomic mass is 35.5. The number of carbonyl (C=O) groups excluding carboxylic acids is 1. The predicted molar refractivity (Wildman–Crippen MR) is 96.6 cm³/mol. The lowest BCUT2D eigenvalue weighted by Gasteiger charge is -2.27. The quantitative estimate of drug-likeness (QED) is 0.804. The van der Waals surface area contributed by atoms with Gasteiger partial charge in [-0.05, 0) is 39.2 Å². The van der Waals surface area contributed by atoms with Crippen LogP contribution in [0.4, 0.5) is 4.79 Å². The van der Waals surface area contributed by atoms with Crippen LogP contribution >= 0.6 is 11.6 Å². The third-order valence-electron chi connectivity index (χ3n) is 4.13. The fourth-order valence-corrected chi connectivity index (χ4v) is 3.30. The van der Waals surface area contributed by atoms with Crippen LogP contribution in [0.2, 0.25) is 5.02 Å². The summed E-state index contributed by atoms with van der Waals surface area (Å²) in [5.41, 5.74) is 0.144. The fourth-order valence-electron chi connectivity index (χ4n) is 3.02. The maximum atomic E-state index is 12.3. The maximum Gasteiger partial charge on any atom is 0.408 e. The van der Waals surface area contributed by atoms with E-state index in [1.807, 2.05) is 6.92 Å². The van der Waals surface area contributed by atoms with E-state index in [4.69, 9.17) is 21.1 Å². The summed E-state index contributed by atoms with van der Waals surface area (Å²) in [6.45, 7) is 8.07. The van der Waals surface area contributed by atoms with E-state index >= 15 is 0 Å². The summed E-state index contributed by atoms with van der Waals surface area (Å²) in [7, 11) is 0. The van der Waals surface area contributed by atoms with E-state index in [0.717, 1.165) is 0 Å². The number of nitrogens with one attached hydrogen (secondary N) is 1. The molecule has 1 aromatic heterocycles. The number of aromatic nitrogens is 1. The van der Waals surface area contributed by atoms with E-state index in [-0.39, 0.29) is 17.2 Å². The number of amides is 1. The molecule has 0 radical (unpaired) electrons. The summed E-state index contributed by atoms with van der Waals surface area (Å²) < 4.78 is 10.8. The first kappa shape index (κ1) is 20.5. The van der Waals surface area contributed by atoms with Crippen LogP contribution in [-0.4, -0.2) is 41.0 Å². The van der Waals surface area contributed by atoms with Gasteiger partial charge in [-0.2, -0.15) is 0 Å². The van der Waals surface area contributed by atoms with Gasteiger partial charge in [0.2, 0.25) is 0 Å². The highest BCUT2D eigenvalue weighted by Gasteiger charge is 2.35. The molecule has 1 amide bonds. The number of hydrogen-bond acceptors (Lipinski definition) is 5. The first-order valence-corrected chi connectivity index (χ1v) is 8.99. The third-order valence-corrected chi connectivity index (χ3v) is 4.46. The lowest BCUT2D eigenvalue weighted by atomic mass is 9.91. The Morgan fingerprint density at radius 1 is 1.50 bits per heavy atom. The Bertz CT molecular complexity index is 681. The third kappa shape index (κ3) is 4.86. The van der Waals surface area contributed by atoms with Crippen molar-refractivity contribution in [2.24, 2.45) is 5.92 Å². The Kier molecular flexibility index (Phi) is 6.47. The number of halogens is 1. The molecular weight excluding hydrogens is 360 g/mol. The number of alkyl carbamates (subject to hydrolysis) is 1. The van der Waals surface area contributed by atoms with Gasteiger partial charge in [0.05, 0.1) is 28.9 Å². The highest BCUT2D eigenvalue weighted by Crippen LogP contribution is 2.33. The smallest absolute Gasteiger partial charge is 0.408 e. The van der Waals surface area contributed by atoms with Crippen LogP contribution in [0.15, 0.2) is 6.20 Å². The van der Waals surface area contributed by atoms with Crippen molar-refractivity contribution in [3.05, 3.63) is 28.0 Å². The molecule has 0 bridgehead atoms. The largest absolute Gasteiger partial charge is 0.478 e. The second-order valence-electron chi connectivity index (χ2n) is 7.25. The standard InChI is InChI=1S/C18H25ClN2O5/c1-5-11-12(19)8-20-15(13(11)16(22)23)14(10-6-7-25-9-10)21-17(24)26-18(2,3)4/h8,10,14H,5-7,9H2,1-4H3,(H,21,24)(H,22,23). The summed E-state index contributed by atoms with van der Waals surface area (Å²) in [5, 5.41) is 12.8. The molecule has 26 heavy (non-hydrogen) atoms. The summed E-state index contributed by atoms with van der Waals surface area (Å²) >= 11 is 6.14. The van der Waals surface area contributed by atoms with Crippen molar-refractivity contribution in [1.29, 1.82) is 0 Å². The number of carbonyl (C=O) groups is 2. The lowest BCUT2D eigenvalue weighted by molar-refractivity contribution is 0.0475. The van der Waals surface area contributed by atoms with Crippen LogP contribution in [0.5, 0.6) is 0 Å². The number of hydrogen-bond donors (Lipinski definition) is 2. The van der Waals surface area contributed by atoms with Crippen molar-refractivity contribution in [1.82, 2.24) is 10.3 Å². The number of ether oxygens (including phenoxy) is 2. The number of pyridine rings is 1. The van der Waals surface area contributed by atoms with Crippen LogP contribution in [0.3, 0.4) is 0 Å². The van der Waals surface area contributed by atoms with Gasteiger partial charge in [-0.1, -0.05) is 18.5 Å². The molecule has 2 unspecified atom stereocenters. The van der Waals surface area contributed by atoms with Crippen LogP contribution in [0.25, 0.3) is 0 Å². The fraction of sp³-hybridized carbons (Fsp3) is 0.611. The molecule has 2 N–H and O–H groups in total. The number of nitrogens with zero attached hydrogens (tertiary/aromatic N) is 1. The van der Waals surface area contributed by atoms with E-state index in [1.54, 1.807) is 20.8 Å². The Morgan fingerprint density at radius 3 is 2.69 bits per heavy atom. The van der Waals surface area contributed by atoms with E-state index < -0.39 is 23.7 Å². The van der Waals surface area contributed by atoms with E-state index in [9.17, 15) is 14.7 Å². The van der Waals surface area contributed by atoms with Crippen LogP contribution < -0.4 is 5.32 Å². The van der Waals surface area contributed by atoms with Gasteiger partial charge in [-0.3, -0.25) is 4.98 Å². The summed E-state index contributed by atoms with van der Waals surface area (Å²) in [6.07, 6.45) is 1.93. The topological polar surface area (TPSA) is 97.8 Å². The summed E-state index contributed by atoms with van der Waals surface area (Å²) in [6, 6.07) is -0.638. The zero-order chi connectivity index (χ0) is 19.5. The number of rotatable bonds is 5. The van der Waals surface area contributed by atoms with Crippen LogP contribution in [-0.2, 0) is 15.9 Å². The molecule has 1 saturated heterocycles. The van der Waals surface area contributed by atoms with Gasteiger partial charge in [-0.15, -0.1) is 0 Å². The molecule has 7 nitrogen and oxygen atoms in total. The summed E-state index contributed by atoms with van der Waals surface area (Å²) in [5.74, 6) is -1.22. The number of carboxylic acids is 1. The Morgan fingerprint density at radius 2 is 2.19 bits per heavy atom. The van der Waals surface area contributed by atoms with Gasteiger partial charge >= 0.3 is 12.1 Å². The van der Waals surface area contributed by atoms with E-state index in [2.05, 4.69) is 10.3 Å². The Hall–Kier alpha value is -1.86. The average Bonchev–Trinajstić information content (AvgIpc) is 3.04. The normalized spacial score (nSPS) is 18.4. The monoisotopic (exact) mass is 384 g/mol. The molecule has 0 saturated carbocycles. The van der Waals surface area contributed by atoms with E-state index in [0.29, 0.717) is 36.6 Å². The lowest BCUT2D eigenvalue weighted by Crippen LogP contribution is -2.39. The first-order chi connectivity index (χ1) is 12.1. The maximum absolute atomic E-state index is 12.3. The molecule has 2 rings (SSSR count). The molecule has 1 aliphatic rings. The Balaban J connectivity index is 2.45. The predicted octanol–water partition coefficient (Wildman–Crippen LogP) is 3.60. The minimum absolute atomic E-state index is 0.0351. The Labute approximate surface area is 158 Å². The van der Waals surface area contributed by atoms with Gasteiger partial charge in [0, 0.05) is 18.7 Å². The molecule has 0 spiro atoms. The SMILES string of the molecule is CCc1c(Cl)cnc(C(NC(=O)OC(C)(C)C)C2CCOC2)c1C(=O)O. The molecule has 2 heterocycles. The van der Waals surface area contributed by atoms with Crippen LogP contribution in [0.1, 0.15) is 61.8 Å². The summed E-state index contributed by atoms with van der Waals surface area (Å²) in [4.78, 5) is 28.5. The highest BCUT2D eigenvalue weighted by molar-refractivity contribution is 6.31. The first-order valence-electron chi connectivity index (χ1n) is 8.61. The van der Waals surface area contributed by atoms with Gasteiger partial charge in [0.25, 0.3) is 0 Å². The molecule has 1 fully saturated rings. The number of aromatic carboxylic acids is 1. The zero-order valence-corrected chi connectivity index (χ0v) is 16.2. The minimum atomic E-state index is -1.12. The number of carboxylic acid groups (broad SMARTS) is 1. The second-order valence-corrected chi connectivity index (χ2v) is 7.66. The van der Waals surface area contributed by atoms with Gasteiger partial charge in [0.15, 0.2) is 0 Å². The van der Waals surface area contributed by atoms with Crippen molar-refractivity contribution in [3.63, 3.8) is 0 Å². The van der Waals surface area contributed by atoms with Crippen molar-refractivity contribution >= 4 is 23.7 Å². The molecule has 1 aliphatic heterocycles. The van der Waals surface area contributed by atoms with E-state index in [1.165, 1.54) is 6.20 Å². The minimum Gasteiger partial charge on any atom is -0.478 e. The van der Waals surface area contributed by atoms with Crippen molar-refractivity contribution in [3.8, 4) is 0 Å². The zero-order valence-electron chi connectivity index (χ0n) is 15.5.